The fourth-order valence-corrected chi connectivity index (χ4v) is 3.83. The van der Waals surface area contributed by atoms with Crippen LogP contribution in [0.15, 0.2) is 53.6 Å². The average molecular weight is 423 g/mol. The molecule has 0 aliphatic rings. The predicted octanol–water partition coefficient (Wildman–Crippen LogP) is 3.44. The lowest BCUT2D eigenvalue weighted by Crippen LogP contribution is -2.12. The van der Waals surface area contributed by atoms with Gasteiger partial charge in [0.25, 0.3) is 10.0 Å². The van der Waals surface area contributed by atoms with Crippen molar-refractivity contribution in [3.63, 3.8) is 0 Å². The van der Waals surface area contributed by atoms with Crippen molar-refractivity contribution in [2.24, 2.45) is 0 Å². The van der Waals surface area contributed by atoms with Crippen molar-refractivity contribution < 1.29 is 8.42 Å². The summed E-state index contributed by atoms with van der Waals surface area (Å²) in [7, 11) is -3.70. The smallest absolute Gasteiger partial charge is 0.264 e. The highest BCUT2D eigenvalue weighted by molar-refractivity contribution is 14.1. The van der Waals surface area contributed by atoms with Crippen molar-refractivity contribution in [1.82, 2.24) is 4.98 Å². The summed E-state index contributed by atoms with van der Waals surface area (Å²) in [5.74, 6) is 0. The first-order chi connectivity index (χ1) is 10.5. The van der Waals surface area contributed by atoms with Crippen molar-refractivity contribution in [2.75, 3.05) is 4.72 Å². The molecule has 0 saturated carbocycles. The number of fused-ring (bicyclic) bond motifs is 1. The van der Waals surface area contributed by atoms with E-state index in [4.69, 9.17) is 5.26 Å². The van der Waals surface area contributed by atoms with Crippen LogP contribution in [-0.2, 0) is 10.0 Å². The number of aromatic amines is 1. The summed E-state index contributed by atoms with van der Waals surface area (Å²) < 4.78 is 28.6. The van der Waals surface area contributed by atoms with Crippen LogP contribution in [0.3, 0.4) is 0 Å². The Morgan fingerprint density at radius 2 is 1.86 bits per heavy atom. The molecule has 22 heavy (non-hydrogen) atoms. The molecule has 0 atom stereocenters. The second kappa shape index (κ2) is 5.62. The molecule has 0 unspecified atom stereocenters. The van der Waals surface area contributed by atoms with Crippen LogP contribution in [0.5, 0.6) is 0 Å². The number of sulfonamides is 1. The Kier molecular flexibility index (Phi) is 3.80. The molecule has 1 aromatic heterocycles. The summed E-state index contributed by atoms with van der Waals surface area (Å²) in [6.45, 7) is 0. The number of H-pyrrole nitrogens is 1. The predicted molar refractivity (Wildman–Crippen MR) is 93.0 cm³/mol. The molecule has 0 bridgehead atoms. The van der Waals surface area contributed by atoms with Gasteiger partial charge in [0.1, 0.15) is 4.90 Å². The number of hydrogen-bond acceptors (Lipinski definition) is 3. The fraction of sp³-hybridized carbons (Fsp3) is 0. The number of rotatable bonds is 3. The van der Waals surface area contributed by atoms with E-state index >= 15 is 0 Å². The number of nitrogens with one attached hydrogen (secondary N) is 2. The number of hydrogen-bond donors (Lipinski definition) is 2. The number of halogens is 1. The van der Waals surface area contributed by atoms with Crippen molar-refractivity contribution in [1.29, 1.82) is 5.26 Å². The molecule has 3 aromatic rings. The van der Waals surface area contributed by atoms with Crippen LogP contribution in [-0.4, -0.2) is 13.4 Å². The maximum absolute atomic E-state index is 12.5. The molecule has 0 fully saturated rings. The van der Waals surface area contributed by atoms with Gasteiger partial charge in [-0.3, -0.25) is 4.72 Å². The van der Waals surface area contributed by atoms with E-state index in [0.29, 0.717) is 16.6 Å². The summed E-state index contributed by atoms with van der Waals surface area (Å²) in [4.78, 5) is 3.16. The summed E-state index contributed by atoms with van der Waals surface area (Å²) in [6, 6.07) is 13.8. The third-order valence-electron chi connectivity index (χ3n) is 3.16. The maximum atomic E-state index is 12.5. The molecular formula is C15H10IN3O2S. The lowest BCUT2D eigenvalue weighted by molar-refractivity contribution is 0.602. The lowest BCUT2D eigenvalue weighted by Gasteiger charge is -2.07. The molecule has 0 saturated heterocycles. The number of nitriles is 1. The SMILES string of the molecule is N#Cc1ccc(NS(=O)(=O)c2c[nH]c3ccc(I)cc23)cc1. The van der Waals surface area contributed by atoms with E-state index in [9.17, 15) is 8.42 Å². The van der Waals surface area contributed by atoms with Crippen LogP contribution in [0, 0.1) is 14.9 Å². The largest absolute Gasteiger partial charge is 0.360 e. The van der Waals surface area contributed by atoms with Gasteiger partial charge in [-0.1, -0.05) is 0 Å². The van der Waals surface area contributed by atoms with Crippen LogP contribution >= 0.6 is 22.6 Å². The molecular weight excluding hydrogens is 413 g/mol. The van der Waals surface area contributed by atoms with Crippen LogP contribution < -0.4 is 4.72 Å². The molecule has 0 aliphatic carbocycles. The van der Waals surface area contributed by atoms with Crippen LogP contribution in [0.1, 0.15) is 5.56 Å². The van der Waals surface area contributed by atoms with Gasteiger partial charge >= 0.3 is 0 Å². The molecule has 1 heterocycles. The zero-order valence-electron chi connectivity index (χ0n) is 11.2. The average Bonchev–Trinajstić information content (AvgIpc) is 2.91. The summed E-state index contributed by atoms with van der Waals surface area (Å²) >= 11 is 2.14. The van der Waals surface area contributed by atoms with E-state index in [0.717, 1.165) is 9.09 Å². The third-order valence-corrected chi connectivity index (χ3v) is 5.25. The molecule has 0 amide bonds. The Morgan fingerprint density at radius 3 is 2.55 bits per heavy atom. The van der Waals surface area contributed by atoms with E-state index in [2.05, 4.69) is 32.3 Å². The number of benzene rings is 2. The van der Waals surface area contributed by atoms with Crippen LogP contribution in [0.4, 0.5) is 5.69 Å². The van der Waals surface area contributed by atoms with E-state index < -0.39 is 10.0 Å². The molecule has 0 spiro atoms. The van der Waals surface area contributed by atoms with Gasteiger partial charge < -0.3 is 4.98 Å². The van der Waals surface area contributed by atoms with Gasteiger partial charge in [0, 0.05) is 26.4 Å². The first kappa shape index (κ1) is 14.9. The minimum Gasteiger partial charge on any atom is -0.360 e. The Morgan fingerprint density at radius 1 is 1.14 bits per heavy atom. The highest BCUT2D eigenvalue weighted by Crippen LogP contribution is 2.26. The molecule has 0 aliphatic heterocycles. The summed E-state index contributed by atoms with van der Waals surface area (Å²) in [5, 5.41) is 9.41. The van der Waals surface area contributed by atoms with Gasteiger partial charge in [-0.2, -0.15) is 5.26 Å². The van der Waals surface area contributed by atoms with Crippen LogP contribution in [0.2, 0.25) is 0 Å². The normalized spacial score (nSPS) is 11.3. The first-order valence-corrected chi connectivity index (χ1v) is 8.85. The Bertz CT molecular complexity index is 986. The van der Waals surface area contributed by atoms with Gasteiger partial charge in [0.2, 0.25) is 0 Å². The highest BCUT2D eigenvalue weighted by atomic mass is 127. The third kappa shape index (κ3) is 2.80. The quantitative estimate of drug-likeness (QED) is 0.633. The van der Waals surface area contributed by atoms with E-state index in [-0.39, 0.29) is 4.90 Å². The van der Waals surface area contributed by atoms with Gasteiger partial charge in [-0.05, 0) is 65.1 Å². The van der Waals surface area contributed by atoms with Crippen molar-refractivity contribution in [3.05, 3.63) is 57.8 Å². The molecule has 7 heteroatoms. The van der Waals surface area contributed by atoms with E-state index in [1.807, 2.05) is 24.3 Å². The molecule has 3 rings (SSSR count). The molecule has 5 nitrogen and oxygen atoms in total. The van der Waals surface area contributed by atoms with Crippen molar-refractivity contribution in [2.45, 2.75) is 4.90 Å². The number of nitrogens with zero attached hydrogens (tertiary/aromatic N) is 1. The Balaban J connectivity index is 2.01. The zero-order chi connectivity index (χ0) is 15.7. The van der Waals surface area contributed by atoms with Crippen molar-refractivity contribution >= 4 is 49.2 Å². The first-order valence-electron chi connectivity index (χ1n) is 6.29. The van der Waals surface area contributed by atoms with Crippen LogP contribution in [0.25, 0.3) is 10.9 Å². The molecule has 2 aromatic carbocycles. The number of anilines is 1. The van der Waals surface area contributed by atoms with Gasteiger partial charge in [-0.15, -0.1) is 0 Å². The van der Waals surface area contributed by atoms with Gasteiger partial charge in [0.15, 0.2) is 0 Å². The standard InChI is InChI=1S/C15H10IN3O2S/c16-11-3-6-14-13(7-11)15(9-18-14)22(20,21)19-12-4-1-10(8-17)2-5-12/h1-7,9,18-19H. The molecule has 0 radical (unpaired) electrons. The van der Waals surface area contributed by atoms with E-state index in [1.165, 1.54) is 6.20 Å². The number of aromatic nitrogens is 1. The second-order valence-corrected chi connectivity index (χ2v) is 7.53. The van der Waals surface area contributed by atoms with Gasteiger partial charge in [0.05, 0.1) is 11.6 Å². The van der Waals surface area contributed by atoms with Crippen molar-refractivity contribution in [3.8, 4) is 6.07 Å². The van der Waals surface area contributed by atoms with E-state index in [1.54, 1.807) is 24.3 Å². The highest BCUT2D eigenvalue weighted by Gasteiger charge is 2.19. The minimum absolute atomic E-state index is 0.199. The Hall–Kier alpha value is -2.05. The zero-order valence-corrected chi connectivity index (χ0v) is 14.1. The topological polar surface area (TPSA) is 85.8 Å². The minimum atomic E-state index is -3.70. The fourth-order valence-electron chi connectivity index (χ4n) is 2.11. The molecule has 2 N–H and O–H groups in total. The summed E-state index contributed by atoms with van der Waals surface area (Å²) in [5.41, 5.74) is 1.66. The Labute approximate surface area is 141 Å². The second-order valence-electron chi connectivity index (χ2n) is 4.64. The van der Waals surface area contributed by atoms with Gasteiger partial charge in [-0.25, -0.2) is 8.42 Å². The maximum Gasteiger partial charge on any atom is 0.264 e. The summed E-state index contributed by atoms with van der Waals surface area (Å²) in [6.07, 6.45) is 1.48. The monoisotopic (exact) mass is 423 g/mol. The lowest BCUT2D eigenvalue weighted by atomic mass is 10.2. The molecule has 110 valence electrons.